The van der Waals surface area contributed by atoms with E-state index in [9.17, 15) is 18.0 Å². The number of nitrogens with zero attached hydrogens (tertiary/aromatic N) is 1. The summed E-state index contributed by atoms with van der Waals surface area (Å²) in [6, 6.07) is 16.0. The van der Waals surface area contributed by atoms with E-state index in [2.05, 4.69) is 25.7 Å². The summed E-state index contributed by atoms with van der Waals surface area (Å²) >= 11 is 0. The first-order valence-electron chi connectivity index (χ1n) is 9.95. The van der Waals surface area contributed by atoms with Crippen LogP contribution in [0.15, 0.2) is 59.6 Å². The van der Waals surface area contributed by atoms with Gasteiger partial charge in [0.05, 0.1) is 13.2 Å². The predicted molar refractivity (Wildman–Crippen MR) is 129 cm³/mol. The topological polar surface area (TPSA) is 74.8 Å². The van der Waals surface area contributed by atoms with E-state index < -0.39 is 12.8 Å². The molecule has 0 unspecified atom stereocenters. The fourth-order valence-corrected chi connectivity index (χ4v) is 2.59. The molecule has 0 heterocycles. The van der Waals surface area contributed by atoms with Crippen LogP contribution in [0.25, 0.3) is 0 Å². The van der Waals surface area contributed by atoms with Crippen molar-refractivity contribution in [2.75, 3.05) is 26.2 Å². The maximum Gasteiger partial charge on any atom is 0.411 e. The van der Waals surface area contributed by atoms with Gasteiger partial charge in [-0.25, -0.2) is 4.99 Å². The Hall–Kier alpha value is -2.34. The molecule has 1 amide bonds. The van der Waals surface area contributed by atoms with Crippen LogP contribution in [-0.2, 0) is 17.9 Å². The number of hydrogen-bond acceptors (Lipinski definition) is 3. The van der Waals surface area contributed by atoms with Crippen LogP contribution in [0.5, 0.6) is 0 Å². The number of ether oxygens (including phenoxy) is 1. The van der Waals surface area contributed by atoms with Crippen LogP contribution in [0.1, 0.15) is 28.4 Å². The molecule has 0 aliphatic rings. The molecule has 176 valence electrons. The molecular formula is C22H28F3IN4O2. The highest BCUT2D eigenvalue weighted by Gasteiger charge is 2.27. The first-order chi connectivity index (χ1) is 14.9. The highest BCUT2D eigenvalue weighted by Crippen LogP contribution is 2.16. The molecule has 10 heteroatoms. The van der Waals surface area contributed by atoms with E-state index in [1.165, 1.54) is 0 Å². The Morgan fingerprint density at radius 3 is 2.19 bits per heavy atom. The van der Waals surface area contributed by atoms with Crippen molar-refractivity contribution in [1.29, 1.82) is 0 Å². The second-order valence-electron chi connectivity index (χ2n) is 6.67. The molecule has 3 N–H and O–H groups in total. The summed E-state index contributed by atoms with van der Waals surface area (Å²) in [5.74, 6) is 0.470. The Morgan fingerprint density at radius 2 is 1.56 bits per heavy atom. The number of guanidine groups is 1. The molecule has 0 aliphatic heterocycles. The maximum absolute atomic E-state index is 12.1. The van der Waals surface area contributed by atoms with Crippen LogP contribution < -0.4 is 16.0 Å². The van der Waals surface area contributed by atoms with Gasteiger partial charge in [-0.2, -0.15) is 13.2 Å². The SMILES string of the molecule is CCNC(=NCc1ccc(COCC(F)(F)F)cc1)NCCNC(=O)c1ccccc1.I. The van der Waals surface area contributed by atoms with E-state index >= 15 is 0 Å². The molecular weight excluding hydrogens is 536 g/mol. The lowest BCUT2D eigenvalue weighted by atomic mass is 10.1. The zero-order valence-corrected chi connectivity index (χ0v) is 20.1. The maximum atomic E-state index is 12.1. The number of halogens is 4. The minimum Gasteiger partial charge on any atom is -0.367 e. The lowest BCUT2D eigenvalue weighted by Crippen LogP contribution is -2.41. The summed E-state index contributed by atoms with van der Waals surface area (Å²) in [6.45, 7) is 2.60. The Labute approximate surface area is 203 Å². The number of carbonyl (C=O) groups is 1. The van der Waals surface area contributed by atoms with Crippen LogP contribution >= 0.6 is 24.0 Å². The van der Waals surface area contributed by atoms with Crippen molar-refractivity contribution in [2.45, 2.75) is 26.3 Å². The molecule has 0 fully saturated rings. The number of rotatable bonds is 10. The Bertz CT molecular complexity index is 831. The minimum absolute atomic E-state index is 0. The number of amides is 1. The summed E-state index contributed by atoms with van der Waals surface area (Å²) in [4.78, 5) is 16.5. The van der Waals surface area contributed by atoms with Crippen molar-refractivity contribution >= 4 is 35.8 Å². The van der Waals surface area contributed by atoms with E-state index in [1.807, 2.05) is 25.1 Å². The lowest BCUT2D eigenvalue weighted by Gasteiger charge is -2.12. The third-order valence-corrected chi connectivity index (χ3v) is 4.06. The van der Waals surface area contributed by atoms with Crippen molar-refractivity contribution in [3.63, 3.8) is 0 Å². The first-order valence-corrected chi connectivity index (χ1v) is 9.95. The fraction of sp³-hybridized carbons (Fsp3) is 0.364. The zero-order valence-electron chi connectivity index (χ0n) is 17.7. The third kappa shape index (κ3) is 11.3. The zero-order chi connectivity index (χ0) is 22.5. The minimum atomic E-state index is -4.32. The second kappa shape index (κ2) is 14.7. The molecule has 0 atom stereocenters. The quantitative estimate of drug-likeness (QED) is 0.177. The highest BCUT2D eigenvalue weighted by atomic mass is 127. The number of carbonyl (C=O) groups excluding carboxylic acids is 1. The van der Waals surface area contributed by atoms with Crippen molar-refractivity contribution < 1.29 is 22.7 Å². The van der Waals surface area contributed by atoms with Gasteiger partial charge in [-0.15, -0.1) is 24.0 Å². The Kier molecular flexibility index (Phi) is 12.7. The number of benzene rings is 2. The summed E-state index contributed by atoms with van der Waals surface area (Å²) in [5.41, 5.74) is 2.18. The van der Waals surface area contributed by atoms with Gasteiger partial charge in [-0.3, -0.25) is 4.79 Å². The Morgan fingerprint density at radius 1 is 0.938 bits per heavy atom. The third-order valence-electron chi connectivity index (χ3n) is 4.06. The molecule has 0 saturated heterocycles. The second-order valence-corrected chi connectivity index (χ2v) is 6.67. The largest absolute Gasteiger partial charge is 0.411 e. The van der Waals surface area contributed by atoms with E-state index in [0.29, 0.717) is 43.3 Å². The van der Waals surface area contributed by atoms with Crippen molar-refractivity contribution in [3.05, 3.63) is 71.3 Å². The highest BCUT2D eigenvalue weighted by molar-refractivity contribution is 14.0. The molecule has 0 saturated carbocycles. The lowest BCUT2D eigenvalue weighted by molar-refractivity contribution is -0.176. The number of nitrogens with one attached hydrogen (secondary N) is 3. The van der Waals surface area contributed by atoms with Gasteiger partial charge >= 0.3 is 6.18 Å². The molecule has 0 radical (unpaired) electrons. The number of alkyl halides is 3. The predicted octanol–water partition coefficient (Wildman–Crippen LogP) is 3.87. The van der Waals surface area contributed by atoms with Gasteiger partial charge in [0.2, 0.25) is 0 Å². The van der Waals surface area contributed by atoms with Crippen molar-refractivity contribution in [3.8, 4) is 0 Å². The van der Waals surface area contributed by atoms with Gasteiger partial charge < -0.3 is 20.7 Å². The van der Waals surface area contributed by atoms with Crippen molar-refractivity contribution in [2.24, 2.45) is 4.99 Å². The molecule has 2 aromatic carbocycles. The number of hydrogen-bond donors (Lipinski definition) is 3. The Balaban J connectivity index is 0.00000512. The van der Waals surface area contributed by atoms with Gasteiger partial charge in [0.1, 0.15) is 6.61 Å². The van der Waals surface area contributed by atoms with Gasteiger partial charge in [0.25, 0.3) is 5.91 Å². The molecule has 0 bridgehead atoms. The van der Waals surface area contributed by atoms with Crippen molar-refractivity contribution in [1.82, 2.24) is 16.0 Å². The van der Waals surface area contributed by atoms with Gasteiger partial charge in [-0.1, -0.05) is 42.5 Å². The van der Waals surface area contributed by atoms with Crippen LogP contribution in [-0.4, -0.2) is 44.3 Å². The molecule has 0 aromatic heterocycles. The molecule has 0 spiro atoms. The van der Waals surface area contributed by atoms with Gasteiger partial charge in [0.15, 0.2) is 5.96 Å². The van der Waals surface area contributed by atoms with Crippen LogP contribution in [0, 0.1) is 0 Å². The monoisotopic (exact) mass is 564 g/mol. The van der Waals surface area contributed by atoms with Crippen LogP contribution in [0.2, 0.25) is 0 Å². The van der Waals surface area contributed by atoms with E-state index in [0.717, 1.165) is 5.56 Å². The molecule has 32 heavy (non-hydrogen) atoms. The average molecular weight is 564 g/mol. The average Bonchev–Trinajstić information content (AvgIpc) is 2.75. The summed E-state index contributed by atoms with van der Waals surface area (Å²) < 4.78 is 41.0. The summed E-state index contributed by atoms with van der Waals surface area (Å²) in [5, 5.41) is 9.11. The molecule has 0 aliphatic carbocycles. The first kappa shape index (κ1) is 27.7. The van der Waals surface area contributed by atoms with Crippen LogP contribution in [0.3, 0.4) is 0 Å². The summed E-state index contributed by atoms with van der Waals surface area (Å²) in [7, 11) is 0. The van der Waals surface area contributed by atoms with E-state index in [-0.39, 0.29) is 36.5 Å². The standard InChI is InChI=1S/C22H27F3N4O2.HI/c1-2-26-21(28-13-12-27-20(30)19-6-4-3-5-7-19)29-14-17-8-10-18(11-9-17)15-31-16-22(23,24)25;/h3-11H,2,12-16H2,1H3,(H,27,30)(H2,26,28,29);1H. The molecule has 2 rings (SSSR count). The molecule has 2 aromatic rings. The fourth-order valence-electron chi connectivity index (χ4n) is 2.59. The summed E-state index contributed by atoms with van der Waals surface area (Å²) in [6.07, 6.45) is -4.32. The van der Waals surface area contributed by atoms with E-state index in [4.69, 9.17) is 0 Å². The molecule has 6 nitrogen and oxygen atoms in total. The van der Waals surface area contributed by atoms with Crippen LogP contribution in [0.4, 0.5) is 13.2 Å². The van der Waals surface area contributed by atoms with E-state index in [1.54, 1.807) is 36.4 Å². The smallest absolute Gasteiger partial charge is 0.367 e. The number of aliphatic imine (C=N–C) groups is 1. The van der Waals surface area contributed by atoms with Gasteiger partial charge in [0, 0.05) is 25.2 Å². The van der Waals surface area contributed by atoms with Gasteiger partial charge in [-0.05, 0) is 30.2 Å². The normalized spacial score (nSPS) is 11.4.